The maximum atomic E-state index is 12.0. The third-order valence-electron chi connectivity index (χ3n) is 4.33. The van der Waals surface area contributed by atoms with Crippen LogP contribution in [-0.4, -0.2) is 39.8 Å². The van der Waals surface area contributed by atoms with Crippen molar-refractivity contribution in [3.8, 4) is 0 Å². The smallest absolute Gasteiger partial charge is 0.213 e. The van der Waals surface area contributed by atoms with E-state index in [4.69, 9.17) is 4.42 Å². The lowest BCUT2D eigenvalue weighted by molar-refractivity contribution is 0.316. The van der Waals surface area contributed by atoms with Crippen molar-refractivity contribution in [3.05, 3.63) is 23.7 Å². The average molecular weight is 371 g/mol. The van der Waals surface area contributed by atoms with E-state index in [0.717, 1.165) is 24.4 Å². The Morgan fingerprint density at radius 2 is 2.16 bits per heavy atom. The topological polar surface area (TPSA) is 95.7 Å². The van der Waals surface area contributed by atoms with Gasteiger partial charge in [-0.3, -0.25) is 4.99 Å². The highest BCUT2D eigenvalue weighted by molar-refractivity contribution is 7.89. The second-order valence-corrected chi connectivity index (χ2v) is 8.47. The summed E-state index contributed by atoms with van der Waals surface area (Å²) in [5, 5.41) is 6.36. The largest absolute Gasteiger partial charge is 0.464 e. The number of rotatable bonds is 9. The summed E-state index contributed by atoms with van der Waals surface area (Å²) in [6, 6.07) is 3.78. The first-order valence-corrected chi connectivity index (χ1v) is 10.6. The Bertz CT molecular complexity index is 665. The fourth-order valence-electron chi connectivity index (χ4n) is 2.57. The Morgan fingerprint density at radius 1 is 1.40 bits per heavy atom. The van der Waals surface area contributed by atoms with Gasteiger partial charge in [-0.1, -0.05) is 6.42 Å². The van der Waals surface area contributed by atoms with E-state index >= 15 is 0 Å². The van der Waals surface area contributed by atoms with Gasteiger partial charge in [0.05, 0.1) is 18.3 Å². The fraction of sp³-hybridized carbons (Fsp3) is 0.706. The molecule has 0 aliphatic heterocycles. The van der Waals surface area contributed by atoms with Crippen LogP contribution in [0.2, 0.25) is 0 Å². The third-order valence-corrected chi connectivity index (χ3v) is 5.66. The molecule has 2 rings (SSSR count). The summed E-state index contributed by atoms with van der Waals surface area (Å²) >= 11 is 0. The molecule has 0 bridgehead atoms. The lowest BCUT2D eigenvalue weighted by Crippen LogP contribution is -2.39. The lowest BCUT2D eigenvalue weighted by atomic mass is 9.86. The van der Waals surface area contributed by atoms with E-state index < -0.39 is 10.0 Å². The van der Waals surface area contributed by atoms with Crippen LogP contribution in [0.3, 0.4) is 0 Å². The van der Waals surface area contributed by atoms with Crippen molar-refractivity contribution in [1.82, 2.24) is 15.4 Å². The molecular formula is C17H30N4O3S. The van der Waals surface area contributed by atoms with Crippen LogP contribution in [0, 0.1) is 12.8 Å². The van der Waals surface area contributed by atoms with Crippen molar-refractivity contribution in [2.24, 2.45) is 10.9 Å². The van der Waals surface area contributed by atoms with Crippen LogP contribution in [-0.2, 0) is 10.0 Å². The van der Waals surface area contributed by atoms with Crippen molar-refractivity contribution >= 4 is 16.0 Å². The van der Waals surface area contributed by atoms with Crippen LogP contribution in [0.25, 0.3) is 0 Å². The highest BCUT2D eigenvalue weighted by atomic mass is 32.2. The summed E-state index contributed by atoms with van der Waals surface area (Å²) in [4.78, 5) is 4.37. The van der Waals surface area contributed by atoms with Gasteiger partial charge in [-0.2, -0.15) is 0 Å². The first-order chi connectivity index (χ1) is 11.9. The number of sulfonamides is 1. The predicted octanol–water partition coefficient (Wildman–Crippen LogP) is 1.92. The number of hydrogen-bond acceptors (Lipinski definition) is 4. The number of furan rings is 1. The molecule has 142 valence electrons. The van der Waals surface area contributed by atoms with Gasteiger partial charge in [-0.15, -0.1) is 0 Å². The molecule has 0 radical (unpaired) electrons. The molecule has 1 saturated carbocycles. The molecule has 0 amide bonds. The van der Waals surface area contributed by atoms with Gasteiger partial charge in [0.25, 0.3) is 0 Å². The molecule has 25 heavy (non-hydrogen) atoms. The van der Waals surface area contributed by atoms with Crippen molar-refractivity contribution in [2.75, 3.05) is 25.4 Å². The molecule has 0 aromatic carbocycles. The van der Waals surface area contributed by atoms with Crippen LogP contribution in [0.15, 0.2) is 21.5 Å². The second-order valence-electron chi connectivity index (χ2n) is 6.54. The molecule has 1 aliphatic rings. The van der Waals surface area contributed by atoms with Gasteiger partial charge in [0.1, 0.15) is 11.5 Å². The van der Waals surface area contributed by atoms with E-state index in [0.29, 0.717) is 25.0 Å². The van der Waals surface area contributed by atoms with Crippen LogP contribution < -0.4 is 15.4 Å². The number of nitrogens with one attached hydrogen (secondary N) is 3. The molecule has 1 aromatic rings. The van der Waals surface area contributed by atoms with E-state index in [9.17, 15) is 8.42 Å². The van der Waals surface area contributed by atoms with Gasteiger partial charge in [0.15, 0.2) is 5.96 Å². The molecular weight excluding hydrogens is 340 g/mol. The van der Waals surface area contributed by atoms with Crippen molar-refractivity contribution in [3.63, 3.8) is 0 Å². The quantitative estimate of drug-likeness (QED) is 0.456. The molecule has 1 atom stereocenters. The standard InChI is InChI=1S/C17H30N4O3S/c1-4-18-17(21-14(3)16-9-8-13(2)24-16)19-10-11-25(22,23)20-12-15-6-5-7-15/h8-9,14-15,20H,4-7,10-12H2,1-3H3,(H2,18,19,21). The Hall–Kier alpha value is -1.54. The second kappa shape index (κ2) is 9.24. The number of guanidine groups is 1. The van der Waals surface area contributed by atoms with Crippen molar-refractivity contribution in [1.29, 1.82) is 0 Å². The van der Waals surface area contributed by atoms with Crippen LogP contribution in [0.4, 0.5) is 0 Å². The summed E-state index contributed by atoms with van der Waals surface area (Å²) in [7, 11) is -3.27. The van der Waals surface area contributed by atoms with E-state index in [-0.39, 0.29) is 18.3 Å². The van der Waals surface area contributed by atoms with Gasteiger partial charge >= 0.3 is 0 Å². The maximum Gasteiger partial charge on any atom is 0.213 e. The summed E-state index contributed by atoms with van der Waals surface area (Å²) in [6.45, 7) is 7.30. The number of hydrogen-bond donors (Lipinski definition) is 3. The van der Waals surface area contributed by atoms with E-state index in [1.807, 2.05) is 32.9 Å². The Balaban J connectivity index is 1.83. The number of aryl methyl sites for hydroxylation is 1. The average Bonchev–Trinajstić information content (AvgIpc) is 2.92. The van der Waals surface area contributed by atoms with Crippen LogP contribution in [0.5, 0.6) is 0 Å². The number of nitrogens with zero attached hydrogens (tertiary/aromatic N) is 1. The zero-order chi connectivity index (χ0) is 18.3. The minimum absolute atomic E-state index is 0.00939. The zero-order valence-electron chi connectivity index (χ0n) is 15.3. The summed E-state index contributed by atoms with van der Waals surface area (Å²) in [6.07, 6.45) is 3.46. The fourth-order valence-corrected chi connectivity index (χ4v) is 3.54. The molecule has 3 N–H and O–H groups in total. The first-order valence-electron chi connectivity index (χ1n) is 8.98. The van der Waals surface area contributed by atoms with Gasteiger partial charge < -0.3 is 15.1 Å². The molecule has 7 nitrogen and oxygen atoms in total. The summed E-state index contributed by atoms with van der Waals surface area (Å²) in [5.41, 5.74) is 0. The Labute approximate surface area is 150 Å². The lowest BCUT2D eigenvalue weighted by Gasteiger charge is -2.25. The highest BCUT2D eigenvalue weighted by Crippen LogP contribution is 2.25. The van der Waals surface area contributed by atoms with Crippen LogP contribution >= 0.6 is 0 Å². The molecule has 0 saturated heterocycles. The minimum atomic E-state index is -3.27. The maximum absolute atomic E-state index is 12.0. The molecule has 1 aromatic heterocycles. The van der Waals surface area contributed by atoms with Crippen molar-refractivity contribution < 1.29 is 12.8 Å². The summed E-state index contributed by atoms with van der Waals surface area (Å²) in [5.74, 6) is 2.75. The molecule has 0 spiro atoms. The first kappa shape index (κ1) is 19.8. The normalized spacial score (nSPS) is 17.2. The summed E-state index contributed by atoms with van der Waals surface area (Å²) < 4.78 is 32.3. The monoisotopic (exact) mass is 370 g/mol. The minimum Gasteiger partial charge on any atom is -0.464 e. The predicted molar refractivity (Wildman–Crippen MR) is 100 cm³/mol. The zero-order valence-corrected chi connectivity index (χ0v) is 16.2. The Morgan fingerprint density at radius 3 is 2.72 bits per heavy atom. The molecule has 1 heterocycles. The number of aliphatic imine (C=N–C) groups is 1. The third kappa shape index (κ3) is 6.70. The van der Waals surface area contributed by atoms with Gasteiger partial charge in [0, 0.05) is 13.1 Å². The van der Waals surface area contributed by atoms with Crippen molar-refractivity contribution in [2.45, 2.75) is 46.1 Å². The van der Waals surface area contributed by atoms with Gasteiger partial charge in [-0.05, 0) is 51.7 Å². The van der Waals surface area contributed by atoms with Crippen LogP contribution in [0.1, 0.15) is 50.7 Å². The van der Waals surface area contributed by atoms with E-state index in [2.05, 4.69) is 20.3 Å². The highest BCUT2D eigenvalue weighted by Gasteiger charge is 2.20. The molecule has 1 fully saturated rings. The SMILES string of the molecule is CCNC(=NCCS(=O)(=O)NCC1CCC1)NC(C)c1ccc(C)o1. The van der Waals surface area contributed by atoms with E-state index in [1.54, 1.807) is 0 Å². The van der Waals surface area contributed by atoms with Gasteiger partial charge in [0.2, 0.25) is 10.0 Å². The molecule has 1 aliphatic carbocycles. The Kier molecular flexibility index (Phi) is 7.31. The molecule has 1 unspecified atom stereocenters. The van der Waals surface area contributed by atoms with Gasteiger partial charge in [-0.25, -0.2) is 13.1 Å². The van der Waals surface area contributed by atoms with E-state index in [1.165, 1.54) is 6.42 Å². The molecule has 8 heteroatoms.